The van der Waals surface area contributed by atoms with Gasteiger partial charge in [-0.2, -0.15) is 0 Å². The molecule has 4 nitrogen and oxygen atoms in total. The molecule has 0 radical (unpaired) electrons. The predicted octanol–water partition coefficient (Wildman–Crippen LogP) is 5.14. The molecule has 0 fully saturated rings. The van der Waals surface area contributed by atoms with Crippen molar-refractivity contribution < 1.29 is 13.3 Å². The lowest BCUT2D eigenvalue weighted by Crippen LogP contribution is -2.56. The van der Waals surface area contributed by atoms with E-state index in [4.69, 9.17) is 13.3 Å². The van der Waals surface area contributed by atoms with Crippen LogP contribution in [0, 0.1) is 0 Å². The zero-order valence-electron chi connectivity index (χ0n) is 17.5. The van der Waals surface area contributed by atoms with Crippen molar-refractivity contribution >= 4 is 17.0 Å². The van der Waals surface area contributed by atoms with Crippen LogP contribution in [0.4, 0.5) is 0 Å². The molecule has 0 saturated heterocycles. The topological polar surface area (TPSA) is 30.9 Å². The van der Waals surface area contributed by atoms with Gasteiger partial charge in [0.1, 0.15) is 8.24 Å². The van der Waals surface area contributed by atoms with Crippen LogP contribution in [0.25, 0.3) is 0 Å². The highest BCUT2D eigenvalue weighted by Gasteiger charge is 2.42. The van der Waals surface area contributed by atoms with Crippen molar-refractivity contribution in [3.63, 3.8) is 0 Å². The molecule has 146 valence electrons. The van der Waals surface area contributed by atoms with E-state index in [0.29, 0.717) is 19.8 Å². The number of rotatable bonds is 16. The molecular formula is C18H43NO3Si2. The van der Waals surface area contributed by atoms with Gasteiger partial charge in [0.2, 0.25) is 0 Å². The van der Waals surface area contributed by atoms with Crippen LogP contribution in [0.15, 0.2) is 0 Å². The van der Waals surface area contributed by atoms with Crippen molar-refractivity contribution in [3.05, 3.63) is 0 Å². The molecule has 0 aliphatic heterocycles. The second kappa shape index (κ2) is 13.5. The van der Waals surface area contributed by atoms with Crippen molar-refractivity contribution in [2.75, 3.05) is 32.9 Å². The van der Waals surface area contributed by atoms with Gasteiger partial charge in [0.15, 0.2) is 0 Å². The maximum atomic E-state index is 6.06. The van der Waals surface area contributed by atoms with E-state index < -0.39 is 17.0 Å². The van der Waals surface area contributed by atoms with E-state index in [2.05, 4.69) is 32.3 Å². The molecule has 0 bridgehead atoms. The van der Waals surface area contributed by atoms with Gasteiger partial charge < -0.3 is 17.8 Å². The van der Waals surface area contributed by atoms with Gasteiger partial charge in [0.05, 0.1) is 0 Å². The van der Waals surface area contributed by atoms with E-state index in [1.807, 2.05) is 20.8 Å². The molecule has 0 N–H and O–H groups in total. The van der Waals surface area contributed by atoms with Crippen LogP contribution < -0.4 is 0 Å². The first-order valence-electron chi connectivity index (χ1n) is 10.2. The molecule has 0 aliphatic rings. The maximum absolute atomic E-state index is 6.06. The van der Waals surface area contributed by atoms with Gasteiger partial charge in [-0.3, -0.25) is 0 Å². The van der Waals surface area contributed by atoms with Crippen LogP contribution in [0.2, 0.25) is 24.2 Å². The summed E-state index contributed by atoms with van der Waals surface area (Å²) in [5.74, 6) is 0. The predicted molar refractivity (Wildman–Crippen MR) is 109 cm³/mol. The first-order chi connectivity index (χ1) is 11.5. The van der Waals surface area contributed by atoms with E-state index in [0.717, 1.165) is 12.6 Å². The van der Waals surface area contributed by atoms with E-state index in [1.54, 1.807) is 0 Å². The van der Waals surface area contributed by atoms with E-state index in [9.17, 15) is 0 Å². The fourth-order valence-electron chi connectivity index (χ4n) is 3.63. The lowest BCUT2D eigenvalue weighted by molar-refractivity contribution is 0.0698. The van der Waals surface area contributed by atoms with Gasteiger partial charge >= 0.3 is 8.80 Å². The summed E-state index contributed by atoms with van der Waals surface area (Å²) >= 11 is 0. The second-order valence-corrected chi connectivity index (χ2v) is 14.3. The molecule has 0 aromatic rings. The van der Waals surface area contributed by atoms with Gasteiger partial charge in [-0.25, -0.2) is 0 Å². The highest BCUT2D eigenvalue weighted by atomic mass is 28.4. The standard InChI is InChI=1S/C18H43NO3Si2/c1-8-15-16-19(23(12-5,13-6)14-7)17-18-24(20-9-2,21-10-3)22-11-4/h8-18H2,1-7H3. The minimum Gasteiger partial charge on any atom is -0.374 e. The van der Waals surface area contributed by atoms with Gasteiger partial charge in [0, 0.05) is 25.9 Å². The number of hydrogen-bond acceptors (Lipinski definition) is 4. The van der Waals surface area contributed by atoms with Crippen molar-refractivity contribution in [1.82, 2.24) is 4.57 Å². The normalized spacial score (nSPS) is 13.0. The molecule has 0 aliphatic carbocycles. The summed E-state index contributed by atoms with van der Waals surface area (Å²) in [5, 5.41) is 0. The second-order valence-electron chi connectivity index (χ2n) is 6.36. The third-order valence-corrected chi connectivity index (χ3v) is 14.0. The molecule has 0 aromatic carbocycles. The van der Waals surface area contributed by atoms with Crippen LogP contribution in [0.1, 0.15) is 61.3 Å². The SMILES string of the molecule is CCCCN(CC[Si](OCC)(OCC)OCC)[Si](CC)(CC)CC. The molecule has 0 atom stereocenters. The summed E-state index contributed by atoms with van der Waals surface area (Å²) < 4.78 is 21.0. The zero-order chi connectivity index (χ0) is 18.5. The molecule has 0 aromatic heterocycles. The third-order valence-electron chi connectivity index (χ3n) is 5.21. The highest BCUT2D eigenvalue weighted by Crippen LogP contribution is 2.27. The van der Waals surface area contributed by atoms with E-state index in [1.165, 1.54) is 37.5 Å². The Balaban J connectivity index is 5.21. The van der Waals surface area contributed by atoms with Crippen LogP contribution in [-0.4, -0.2) is 54.5 Å². The molecule has 0 spiro atoms. The zero-order valence-corrected chi connectivity index (χ0v) is 19.5. The van der Waals surface area contributed by atoms with Crippen molar-refractivity contribution in [2.24, 2.45) is 0 Å². The smallest absolute Gasteiger partial charge is 0.374 e. The van der Waals surface area contributed by atoms with Crippen LogP contribution in [-0.2, 0) is 13.3 Å². The molecule has 24 heavy (non-hydrogen) atoms. The lowest BCUT2D eigenvalue weighted by Gasteiger charge is -2.42. The first kappa shape index (κ1) is 24.3. The molecule has 0 heterocycles. The molecule has 0 rings (SSSR count). The molecule has 0 saturated carbocycles. The lowest BCUT2D eigenvalue weighted by atomic mass is 10.3. The van der Waals surface area contributed by atoms with Gasteiger partial charge in [0.25, 0.3) is 0 Å². The summed E-state index contributed by atoms with van der Waals surface area (Å²) in [4.78, 5) is 0. The Hall–Kier alpha value is 0.274. The number of unbranched alkanes of at least 4 members (excludes halogenated alkanes) is 1. The van der Waals surface area contributed by atoms with Crippen LogP contribution in [0.5, 0.6) is 0 Å². The van der Waals surface area contributed by atoms with Crippen molar-refractivity contribution in [2.45, 2.75) is 85.5 Å². The third kappa shape index (κ3) is 7.26. The first-order valence-corrected chi connectivity index (χ1v) is 14.7. The Morgan fingerprint density at radius 2 is 1.12 bits per heavy atom. The number of hydrogen-bond donors (Lipinski definition) is 0. The summed E-state index contributed by atoms with van der Waals surface area (Å²) in [7, 11) is -3.90. The molecule has 0 amide bonds. The Morgan fingerprint density at radius 1 is 0.667 bits per heavy atom. The van der Waals surface area contributed by atoms with Gasteiger partial charge in [-0.1, -0.05) is 34.1 Å². The maximum Gasteiger partial charge on any atom is 0.502 e. The van der Waals surface area contributed by atoms with Gasteiger partial charge in [-0.15, -0.1) is 0 Å². The van der Waals surface area contributed by atoms with Gasteiger partial charge in [-0.05, 0) is 58.4 Å². The van der Waals surface area contributed by atoms with Crippen LogP contribution in [0.3, 0.4) is 0 Å². The van der Waals surface area contributed by atoms with Crippen molar-refractivity contribution in [1.29, 1.82) is 0 Å². The minimum atomic E-state index is -2.53. The van der Waals surface area contributed by atoms with E-state index >= 15 is 0 Å². The molecule has 0 unspecified atom stereocenters. The summed E-state index contributed by atoms with van der Waals surface area (Å²) in [6.45, 7) is 19.8. The fourth-order valence-corrected chi connectivity index (χ4v) is 10.5. The fraction of sp³-hybridized carbons (Fsp3) is 1.00. The van der Waals surface area contributed by atoms with E-state index in [-0.39, 0.29) is 0 Å². The largest absolute Gasteiger partial charge is 0.502 e. The van der Waals surface area contributed by atoms with Crippen molar-refractivity contribution in [3.8, 4) is 0 Å². The molecule has 6 heteroatoms. The number of nitrogens with zero attached hydrogens (tertiary/aromatic N) is 1. The highest BCUT2D eigenvalue weighted by molar-refractivity contribution is 6.77. The molecular weight excluding hydrogens is 334 g/mol. The Labute approximate surface area is 153 Å². The average molecular weight is 378 g/mol. The minimum absolute atomic E-state index is 0.666. The Morgan fingerprint density at radius 3 is 1.46 bits per heavy atom. The Bertz CT molecular complexity index is 277. The average Bonchev–Trinajstić information content (AvgIpc) is 2.59. The quantitative estimate of drug-likeness (QED) is 0.348. The van der Waals surface area contributed by atoms with Crippen LogP contribution >= 0.6 is 0 Å². The summed E-state index contributed by atoms with van der Waals surface area (Å²) in [6, 6.07) is 4.91. The summed E-state index contributed by atoms with van der Waals surface area (Å²) in [5.41, 5.74) is 0. The Kier molecular flexibility index (Phi) is 13.6. The monoisotopic (exact) mass is 377 g/mol. The summed E-state index contributed by atoms with van der Waals surface area (Å²) in [6.07, 6.45) is 2.53.